The van der Waals surface area contributed by atoms with E-state index in [0.717, 1.165) is 49.4 Å². The molecular weight excluding hydrogens is 560 g/mol. The number of aliphatic hydroxyl groups excluding tert-OH is 1. The highest BCUT2D eigenvalue weighted by atomic mass is 32.2. The number of rotatable bonds is 10. The molecule has 1 saturated heterocycles. The van der Waals surface area contributed by atoms with E-state index in [2.05, 4.69) is 37.4 Å². The molecule has 4 fully saturated rings. The maximum absolute atomic E-state index is 13.6. The lowest BCUT2D eigenvalue weighted by molar-refractivity contribution is -0.205. The number of benzene rings is 1. The summed E-state index contributed by atoms with van der Waals surface area (Å²) in [7, 11) is 0. The van der Waals surface area contributed by atoms with Crippen molar-refractivity contribution in [2.24, 2.45) is 39.2 Å². The van der Waals surface area contributed by atoms with Crippen molar-refractivity contribution >= 4 is 29.7 Å². The number of carbonyl (C=O) groups excluding carboxylic acids is 2. The Balaban J connectivity index is 1.27. The molecule has 43 heavy (non-hydrogen) atoms. The van der Waals surface area contributed by atoms with Gasteiger partial charge in [-0.3, -0.25) is 14.5 Å². The summed E-state index contributed by atoms with van der Waals surface area (Å²) in [6, 6.07) is 7.87. The Morgan fingerprint density at radius 2 is 2.00 bits per heavy atom. The molecule has 1 heterocycles. The Labute approximate surface area is 261 Å². The highest BCUT2D eigenvalue weighted by molar-refractivity contribution is 8.00. The molecule has 1 aromatic rings. The van der Waals surface area contributed by atoms with Crippen LogP contribution in [-0.2, 0) is 19.2 Å². The SMILES string of the molecule is C=C[C@]1(C)C[C@@H](OC(=O)CSc2cccc(/C=N/OCCN3CCCC3)c2)[C@]2(C)C(C)CCC3(CCC(=O)C32)[C@@H](C)[C@@H]1O. The molecular formula is C35H50N2O5S. The lowest BCUT2D eigenvalue weighted by Crippen LogP contribution is -2.63. The molecule has 0 spiro atoms. The maximum atomic E-state index is 13.6. The van der Waals surface area contributed by atoms with E-state index in [1.807, 2.05) is 37.3 Å². The molecule has 1 aromatic carbocycles. The number of nitrogens with zero attached hydrogens (tertiary/aromatic N) is 2. The van der Waals surface area contributed by atoms with Crippen LogP contribution in [0.2, 0.25) is 0 Å². The molecule has 1 N–H and O–H groups in total. The van der Waals surface area contributed by atoms with Crippen LogP contribution >= 0.6 is 11.8 Å². The number of esters is 1. The van der Waals surface area contributed by atoms with E-state index >= 15 is 0 Å². The van der Waals surface area contributed by atoms with Crippen LogP contribution in [0.25, 0.3) is 0 Å². The van der Waals surface area contributed by atoms with Crippen molar-refractivity contribution in [2.75, 3.05) is 32.0 Å². The van der Waals surface area contributed by atoms with Gasteiger partial charge in [-0.2, -0.15) is 0 Å². The molecule has 7 nitrogen and oxygen atoms in total. The molecule has 8 atom stereocenters. The third-order valence-corrected chi connectivity index (χ3v) is 12.7. The lowest BCUT2D eigenvalue weighted by Gasteiger charge is -2.61. The summed E-state index contributed by atoms with van der Waals surface area (Å²) in [5.74, 6) is 0.0665. The minimum absolute atomic E-state index is 0.0442. The third-order valence-electron chi connectivity index (χ3n) is 11.8. The van der Waals surface area contributed by atoms with Crippen molar-refractivity contribution in [3.8, 4) is 0 Å². The van der Waals surface area contributed by atoms with Crippen molar-refractivity contribution in [1.82, 2.24) is 4.90 Å². The molecule has 3 unspecified atom stereocenters. The van der Waals surface area contributed by atoms with E-state index in [9.17, 15) is 14.7 Å². The normalized spacial score (nSPS) is 38.0. The lowest BCUT2D eigenvalue weighted by atomic mass is 9.44. The number of oxime groups is 1. The van der Waals surface area contributed by atoms with Gasteiger partial charge in [-0.15, -0.1) is 18.3 Å². The van der Waals surface area contributed by atoms with Crippen LogP contribution in [0.15, 0.2) is 47.0 Å². The van der Waals surface area contributed by atoms with Crippen LogP contribution < -0.4 is 0 Å². The Kier molecular flexibility index (Phi) is 9.79. The highest BCUT2D eigenvalue weighted by Crippen LogP contribution is 2.68. The maximum Gasteiger partial charge on any atom is 0.316 e. The molecule has 3 aliphatic carbocycles. The summed E-state index contributed by atoms with van der Waals surface area (Å²) in [6.45, 7) is 16.4. The van der Waals surface area contributed by atoms with Gasteiger partial charge in [-0.1, -0.05) is 51.1 Å². The van der Waals surface area contributed by atoms with E-state index in [0.29, 0.717) is 19.4 Å². The number of Topliss-reactive ketones (excluding diaryl/α,β-unsaturated/α-hetero) is 1. The number of hydrogen-bond acceptors (Lipinski definition) is 8. The van der Waals surface area contributed by atoms with Gasteiger partial charge in [0.1, 0.15) is 18.5 Å². The largest absolute Gasteiger partial charge is 0.461 e. The third kappa shape index (κ3) is 6.21. The predicted octanol–water partition coefficient (Wildman–Crippen LogP) is 6.13. The number of carbonyl (C=O) groups is 2. The van der Waals surface area contributed by atoms with Gasteiger partial charge in [0, 0.05) is 34.6 Å². The predicted molar refractivity (Wildman–Crippen MR) is 171 cm³/mol. The fourth-order valence-electron chi connectivity index (χ4n) is 8.85. The second-order valence-electron chi connectivity index (χ2n) is 14.0. The second-order valence-corrected chi connectivity index (χ2v) is 15.1. The molecule has 8 heteroatoms. The van der Waals surface area contributed by atoms with Crippen molar-refractivity contribution < 1.29 is 24.3 Å². The number of hydrogen-bond donors (Lipinski definition) is 1. The van der Waals surface area contributed by atoms with E-state index in [1.165, 1.54) is 24.6 Å². The van der Waals surface area contributed by atoms with Gasteiger partial charge < -0.3 is 14.7 Å². The van der Waals surface area contributed by atoms with Crippen molar-refractivity contribution in [2.45, 2.75) is 89.7 Å². The zero-order chi connectivity index (χ0) is 30.8. The first-order chi connectivity index (χ1) is 20.5. The van der Waals surface area contributed by atoms with E-state index in [1.54, 1.807) is 6.21 Å². The Morgan fingerprint density at radius 1 is 1.23 bits per heavy atom. The molecule has 2 bridgehead atoms. The van der Waals surface area contributed by atoms with Gasteiger partial charge in [0.15, 0.2) is 0 Å². The first-order valence-corrected chi connectivity index (χ1v) is 17.2. The molecule has 3 saturated carbocycles. The topological polar surface area (TPSA) is 88.4 Å². The van der Waals surface area contributed by atoms with Gasteiger partial charge in [0.05, 0.1) is 18.1 Å². The van der Waals surface area contributed by atoms with E-state index in [4.69, 9.17) is 9.57 Å². The van der Waals surface area contributed by atoms with Gasteiger partial charge in [0.25, 0.3) is 0 Å². The first-order valence-electron chi connectivity index (χ1n) is 16.2. The Morgan fingerprint density at radius 3 is 2.74 bits per heavy atom. The van der Waals surface area contributed by atoms with Gasteiger partial charge in [0.2, 0.25) is 0 Å². The average molecular weight is 611 g/mol. The summed E-state index contributed by atoms with van der Waals surface area (Å²) in [5.41, 5.74) is -0.509. The fourth-order valence-corrected chi connectivity index (χ4v) is 9.59. The summed E-state index contributed by atoms with van der Waals surface area (Å²) >= 11 is 1.43. The Hall–Kier alpha value is -2.16. The van der Waals surface area contributed by atoms with Crippen LogP contribution in [0, 0.1) is 34.0 Å². The van der Waals surface area contributed by atoms with Gasteiger partial charge >= 0.3 is 5.97 Å². The zero-order valence-electron chi connectivity index (χ0n) is 26.4. The van der Waals surface area contributed by atoms with Crippen molar-refractivity contribution in [1.29, 1.82) is 0 Å². The minimum atomic E-state index is -0.666. The van der Waals surface area contributed by atoms with E-state index < -0.39 is 23.0 Å². The first kappa shape index (κ1) is 32.2. The number of aliphatic hydroxyl groups is 1. The van der Waals surface area contributed by atoms with Crippen molar-refractivity contribution in [3.05, 3.63) is 42.5 Å². The quantitative estimate of drug-likeness (QED) is 0.0851. The molecule has 4 aliphatic rings. The molecule has 0 radical (unpaired) electrons. The summed E-state index contributed by atoms with van der Waals surface area (Å²) in [4.78, 5) is 35.9. The Bertz CT molecular complexity index is 1220. The fraction of sp³-hybridized carbons (Fsp3) is 0.686. The van der Waals surface area contributed by atoms with Crippen LogP contribution in [0.5, 0.6) is 0 Å². The van der Waals surface area contributed by atoms with Crippen LogP contribution in [0.4, 0.5) is 0 Å². The van der Waals surface area contributed by atoms with Gasteiger partial charge in [-0.05, 0) is 86.6 Å². The van der Waals surface area contributed by atoms with Crippen molar-refractivity contribution in [3.63, 3.8) is 0 Å². The average Bonchev–Trinajstić information content (AvgIpc) is 3.65. The van der Waals surface area contributed by atoms with Gasteiger partial charge in [-0.25, -0.2) is 0 Å². The molecule has 0 aromatic heterocycles. The van der Waals surface area contributed by atoms with Crippen LogP contribution in [-0.4, -0.2) is 72.2 Å². The van der Waals surface area contributed by atoms with Crippen LogP contribution in [0.1, 0.15) is 78.2 Å². The standard InChI is InChI=1S/C35H50N2O5S/c1-6-33(4)21-29(34(5)24(2)12-14-35(25(3)32(33)40)15-13-28(38)31(34)35)42-30(39)23-43-27-11-9-10-26(20-27)22-36-41-19-18-37-16-7-8-17-37/h6,9-11,20,22,24-25,29,31-32,40H,1,7-8,12-19,21,23H2,2-5H3/b36-22+/t24?,25-,29+,31?,32-,33+,34-,35?/m0/s1. The minimum Gasteiger partial charge on any atom is -0.461 e. The molecule has 5 rings (SSSR count). The van der Waals surface area contributed by atoms with E-state index in [-0.39, 0.29) is 40.7 Å². The number of ether oxygens (including phenoxy) is 1. The summed E-state index contributed by atoms with van der Waals surface area (Å²) in [6.07, 6.45) is 8.57. The van der Waals surface area contributed by atoms with Crippen LogP contribution in [0.3, 0.4) is 0 Å². The number of likely N-dealkylation sites (tertiary alicyclic amines) is 1. The summed E-state index contributed by atoms with van der Waals surface area (Å²) < 4.78 is 6.38. The smallest absolute Gasteiger partial charge is 0.316 e. The molecule has 0 amide bonds. The summed E-state index contributed by atoms with van der Waals surface area (Å²) in [5, 5.41) is 15.8. The molecule has 236 valence electrons. The zero-order valence-corrected chi connectivity index (χ0v) is 27.2. The second kappa shape index (κ2) is 13.1. The number of ketones is 1. The number of thioether (sulfide) groups is 1. The molecule has 1 aliphatic heterocycles. The monoisotopic (exact) mass is 610 g/mol. The highest BCUT2D eigenvalue weighted by Gasteiger charge is 2.68.